The van der Waals surface area contributed by atoms with Crippen LogP contribution in [0.4, 0.5) is 11.6 Å². The maximum atomic E-state index is 8.98. The first-order valence-electron chi connectivity index (χ1n) is 10.1. The van der Waals surface area contributed by atoms with Crippen molar-refractivity contribution >= 4 is 17.3 Å². The minimum Gasteiger partial charge on any atom is -0.356 e. The molecule has 0 amide bonds. The summed E-state index contributed by atoms with van der Waals surface area (Å²) in [6, 6.07) is 27.4. The third-order valence-corrected chi connectivity index (χ3v) is 5.16. The van der Waals surface area contributed by atoms with E-state index in [9.17, 15) is 0 Å². The van der Waals surface area contributed by atoms with Crippen LogP contribution in [-0.4, -0.2) is 27.1 Å². The monoisotopic (exact) mass is 417 g/mol. The van der Waals surface area contributed by atoms with E-state index >= 15 is 0 Å². The van der Waals surface area contributed by atoms with Gasteiger partial charge in [-0.2, -0.15) is 5.26 Å². The molecule has 0 radical (unpaired) electrons. The largest absolute Gasteiger partial charge is 0.356 e. The van der Waals surface area contributed by atoms with E-state index in [2.05, 4.69) is 38.5 Å². The molecule has 0 bridgehead atoms. The molecule has 0 aliphatic carbocycles. The predicted molar refractivity (Wildman–Crippen MR) is 125 cm³/mol. The van der Waals surface area contributed by atoms with Gasteiger partial charge in [0.25, 0.3) is 0 Å². The van der Waals surface area contributed by atoms with E-state index in [1.165, 1.54) is 0 Å². The van der Waals surface area contributed by atoms with Crippen LogP contribution >= 0.6 is 0 Å². The predicted octanol–water partition coefficient (Wildman–Crippen LogP) is 4.56. The Hall–Kier alpha value is -4.70. The number of aromatic nitrogens is 3. The molecule has 1 unspecified atom stereocenters. The van der Waals surface area contributed by atoms with Gasteiger partial charge in [0.05, 0.1) is 23.0 Å². The Morgan fingerprint density at radius 3 is 2.41 bits per heavy atom. The van der Waals surface area contributed by atoms with Crippen LogP contribution in [0.15, 0.2) is 96.1 Å². The summed E-state index contributed by atoms with van der Waals surface area (Å²) in [5.74, 6) is 1.07. The molecule has 3 N–H and O–H groups in total. The minimum atomic E-state index is -0.473. The normalized spacial score (nSPS) is 15.0. The molecule has 7 nitrogen and oxygen atoms in total. The number of nitrogens with one attached hydrogen (secondary N) is 3. The van der Waals surface area contributed by atoms with Crippen molar-refractivity contribution in [3.63, 3.8) is 0 Å². The van der Waals surface area contributed by atoms with Crippen molar-refractivity contribution in [1.29, 1.82) is 5.26 Å². The molecule has 1 atom stereocenters. The van der Waals surface area contributed by atoms with Crippen LogP contribution in [0, 0.1) is 11.3 Å². The highest BCUT2D eigenvalue weighted by Gasteiger charge is 2.22. The number of hydrogen-bond acceptors (Lipinski definition) is 6. The average molecular weight is 417 g/mol. The molecule has 4 aromatic rings. The highest BCUT2D eigenvalue weighted by Crippen LogP contribution is 2.27. The molecule has 1 aliphatic heterocycles. The van der Waals surface area contributed by atoms with Crippen molar-refractivity contribution in [2.75, 3.05) is 10.6 Å². The lowest BCUT2D eigenvalue weighted by molar-refractivity contribution is 0.872. The quantitative estimate of drug-likeness (QED) is 0.452. The van der Waals surface area contributed by atoms with Gasteiger partial charge in [-0.1, -0.05) is 55.1 Å². The van der Waals surface area contributed by atoms with Crippen LogP contribution in [0.3, 0.4) is 0 Å². The van der Waals surface area contributed by atoms with Gasteiger partial charge in [0, 0.05) is 22.4 Å². The lowest BCUT2D eigenvalue weighted by Crippen LogP contribution is -2.24. The average Bonchev–Trinajstić information content (AvgIpc) is 3.26. The van der Waals surface area contributed by atoms with Gasteiger partial charge < -0.3 is 15.6 Å². The number of benzene rings is 3. The number of rotatable bonds is 4. The van der Waals surface area contributed by atoms with Gasteiger partial charge in [-0.25, -0.2) is 0 Å². The zero-order valence-corrected chi connectivity index (χ0v) is 17.1. The van der Waals surface area contributed by atoms with E-state index in [4.69, 9.17) is 10.3 Å². The Balaban J connectivity index is 1.48. The molecule has 0 saturated heterocycles. The number of hydrogen-bond donors (Lipinski definition) is 3. The van der Waals surface area contributed by atoms with Gasteiger partial charge in [0.2, 0.25) is 5.95 Å². The SMILES string of the molecule is C=C1Nc2ccccc2C(c2ccccc2)=NC1Nc1nnc(-c2ccc(C#N)cc2)[nH]1. The van der Waals surface area contributed by atoms with Gasteiger partial charge in [-0.05, 0) is 30.3 Å². The van der Waals surface area contributed by atoms with Crippen LogP contribution in [0.5, 0.6) is 0 Å². The third kappa shape index (κ3) is 3.73. The molecule has 5 rings (SSSR count). The van der Waals surface area contributed by atoms with Crippen molar-refractivity contribution in [1.82, 2.24) is 15.2 Å². The molecule has 3 aromatic carbocycles. The molecular formula is C25H19N7. The standard InChI is InChI=1S/C25H19N7/c1-16-23(29-25-30-24(31-32-25)19-13-11-17(15-26)12-14-19)28-22(18-7-3-2-4-8-18)20-9-5-6-10-21(20)27-16/h2-14,23,27H,1H2,(H2,29,30,31,32). The second kappa shape index (κ2) is 8.20. The van der Waals surface area contributed by atoms with Crippen LogP contribution in [0.2, 0.25) is 0 Å². The highest BCUT2D eigenvalue weighted by molar-refractivity contribution is 6.16. The highest BCUT2D eigenvalue weighted by atomic mass is 15.3. The zero-order chi connectivity index (χ0) is 21.9. The van der Waals surface area contributed by atoms with Gasteiger partial charge in [-0.3, -0.25) is 4.99 Å². The van der Waals surface area contributed by atoms with Crippen LogP contribution in [-0.2, 0) is 0 Å². The number of benzodiazepines with no additional fused rings is 1. The summed E-state index contributed by atoms with van der Waals surface area (Å²) in [6.45, 7) is 4.19. The smallest absolute Gasteiger partial charge is 0.224 e. The second-order valence-corrected chi connectivity index (χ2v) is 7.30. The molecule has 2 heterocycles. The number of aliphatic imine (C=N–C) groups is 1. The first kappa shape index (κ1) is 19.3. The van der Waals surface area contributed by atoms with Crippen molar-refractivity contribution in [3.05, 3.63) is 108 Å². The zero-order valence-electron chi connectivity index (χ0n) is 17.1. The van der Waals surface area contributed by atoms with Crippen molar-refractivity contribution < 1.29 is 0 Å². The fraction of sp³-hybridized carbons (Fsp3) is 0.0400. The number of para-hydroxylation sites is 1. The van der Waals surface area contributed by atoms with Crippen LogP contribution in [0.25, 0.3) is 11.4 Å². The number of nitriles is 1. The topological polar surface area (TPSA) is 102 Å². The van der Waals surface area contributed by atoms with Crippen molar-refractivity contribution in [3.8, 4) is 17.5 Å². The Morgan fingerprint density at radius 2 is 1.62 bits per heavy atom. The Bertz CT molecular complexity index is 1350. The van der Waals surface area contributed by atoms with Gasteiger partial charge in [0.1, 0.15) is 0 Å². The van der Waals surface area contributed by atoms with E-state index in [-0.39, 0.29) is 0 Å². The number of fused-ring (bicyclic) bond motifs is 1. The minimum absolute atomic E-state index is 0.472. The third-order valence-electron chi connectivity index (χ3n) is 5.16. The summed E-state index contributed by atoms with van der Waals surface area (Å²) in [5, 5.41) is 24.1. The first-order valence-corrected chi connectivity index (χ1v) is 10.1. The van der Waals surface area contributed by atoms with Gasteiger partial charge >= 0.3 is 0 Å². The molecular weight excluding hydrogens is 398 g/mol. The molecule has 154 valence electrons. The summed E-state index contributed by atoms with van der Waals surface area (Å²) in [4.78, 5) is 8.16. The molecule has 0 saturated carbocycles. The van der Waals surface area contributed by atoms with E-state index in [1.54, 1.807) is 12.1 Å². The van der Waals surface area contributed by atoms with Crippen molar-refractivity contribution in [2.24, 2.45) is 4.99 Å². The molecule has 7 heteroatoms. The lowest BCUT2D eigenvalue weighted by Gasteiger charge is -2.16. The van der Waals surface area contributed by atoms with Crippen LogP contribution < -0.4 is 10.6 Å². The lowest BCUT2D eigenvalue weighted by atomic mass is 10.0. The Kier molecular flexibility index (Phi) is 4.94. The first-order chi connectivity index (χ1) is 15.7. The fourth-order valence-corrected chi connectivity index (χ4v) is 3.55. The van der Waals surface area contributed by atoms with E-state index in [0.29, 0.717) is 23.0 Å². The maximum Gasteiger partial charge on any atom is 0.224 e. The van der Waals surface area contributed by atoms with Crippen molar-refractivity contribution in [2.45, 2.75) is 6.17 Å². The number of nitrogens with zero attached hydrogens (tertiary/aromatic N) is 4. The molecule has 32 heavy (non-hydrogen) atoms. The Labute approximate surface area is 185 Å². The number of aromatic amines is 1. The summed E-state index contributed by atoms with van der Waals surface area (Å²) < 4.78 is 0. The van der Waals surface area contributed by atoms with E-state index in [0.717, 1.165) is 28.1 Å². The maximum absolute atomic E-state index is 8.98. The van der Waals surface area contributed by atoms with Gasteiger partial charge in [-0.15, -0.1) is 10.2 Å². The molecule has 1 aromatic heterocycles. The Morgan fingerprint density at radius 1 is 0.875 bits per heavy atom. The molecule has 1 aliphatic rings. The second-order valence-electron chi connectivity index (χ2n) is 7.30. The summed E-state index contributed by atoms with van der Waals surface area (Å²) >= 11 is 0. The summed E-state index contributed by atoms with van der Waals surface area (Å²) in [6.07, 6.45) is -0.473. The summed E-state index contributed by atoms with van der Waals surface area (Å²) in [5.41, 5.74) is 5.94. The number of H-pyrrole nitrogens is 1. The van der Waals surface area contributed by atoms with E-state index in [1.807, 2.05) is 66.7 Å². The molecule has 0 fully saturated rings. The van der Waals surface area contributed by atoms with E-state index < -0.39 is 6.17 Å². The fourth-order valence-electron chi connectivity index (χ4n) is 3.55. The van der Waals surface area contributed by atoms with Crippen LogP contribution in [0.1, 0.15) is 16.7 Å². The molecule has 0 spiro atoms. The van der Waals surface area contributed by atoms with Gasteiger partial charge in [0.15, 0.2) is 12.0 Å². The summed E-state index contributed by atoms with van der Waals surface area (Å²) in [7, 11) is 0. The number of anilines is 2.